The Balaban J connectivity index is 1.57. The van der Waals surface area contributed by atoms with Crippen LogP contribution in [0.4, 0.5) is 0 Å². The molecule has 34 heavy (non-hydrogen) atoms. The second-order valence-electron chi connectivity index (χ2n) is 12.2. The normalized spacial score (nSPS) is 27.2. The second kappa shape index (κ2) is 15.4. The van der Waals surface area contributed by atoms with E-state index in [1.54, 1.807) is 0 Å². The first-order valence-corrected chi connectivity index (χ1v) is 17.7. The fourth-order valence-corrected chi connectivity index (χ4v) is 11.1. The Morgan fingerprint density at radius 2 is 0.529 bits per heavy atom. The van der Waals surface area contributed by atoms with E-state index in [1.165, 1.54) is 167 Å². The lowest BCUT2D eigenvalue weighted by Gasteiger charge is -2.44. The molecule has 0 radical (unpaired) electrons. The van der Waals surface area contributed by atoms with Crippen molar-refractivity contribution in [1.29, 1.82) is 0 Å². The molecule has 4 rings (SSSR count). The molecule has 0 N–H and O–H groups in total. The second-order valence-corrected chi connectivity index (χ2v) is 14.9. The smallest absolute Gasteiger partial charge is 0.370 e. The first-order chi connectivity index (χ1) is 16.8. The lowest BCUT2D eigenvalue weighted by molar-refractivity contribution is -0.0439. The van der Waals surface area contributed by atoms with Gasteiger partial charge in [-0.1, -0.05) is 116 Å². The van der Waals surface area contributed by atoms with E-state index in [0.29, 0.717) is 23.9 Å². The molecular formula is C30H56O3Si. The summed E-state index contributed by atoms with van der Waals surface area (Å²) in [5.74, 6) is 0. The maximum atomic E-state index is 7.40. The maximum absolute atomic E-state index is 7.40. The van der Waals surface area contributed by atoms with Crippen LogP contribution < -0.4 is 0 Å². The van der Waals surface area contributed by atoms with Crippen LogP contribution >= 0.6 is 0 Å². The van der Waals surface area contributed by atoms with E-state index >= 15 is 0 Å². The van der Waals surface area contributed by atoms with Crippen LogP contribution in [0.3, 0.4) is 0 Å². The van der Waals surface area contributed by atoms with Gasteiger partial charge >= 0.3 is 8.80 Å². The van der Waals surface area contributed by atoms with Gasteiger partial charge in [-0.25, -0.2) is 0 Å². The van der Waals surface area contributed by atoms with Gasteiger partial charge in [0.05, 0.1) is 0 Å². The van der Waals surface area contributed by atoms with Crippen molar-refractivity contribution < 1.29 is 13.3 Å². The molecule has 4 fully saturated rings. The number of hydrogen-bond acceptors (Lipinski definition) is 3. The lowest BCUT2D eigenvalue weighted by atomic mass is 9.99. The van der Waals surface area contributed by atoms with Gasteiger partial charge in [0.15, 0.2) is 0 Å². The molecule has 0 saturated heterocycles. The predicted octanol–water partition coefficient (Wildman–Crippen LogP) is 9.65. The Kier molecular flexibility index (Phi) is 12.3. The van der Waals surface area contributed by atoms with E-state index in [1.807, 2.05) is 0 Å². The highest BCUT2D eigenvalue weighted by molar-refractivity contribution is 6.62. The summed E-state index contributed by atoms with van der Waals surface area (Å²) in [6, 6.07) is 0. The third kappa shape index (κ3) is 8.89. The number of rotatable bonds is 7. The molecule has 0 aliphatic heterocycles. The monoisotopic (exact) mass is 492 g/mol. The SMILES string of the molecule is C1CCCC(O[Si](OC2CCCCCCC2)(OC2CCCCCCC2)C2CCCCC2)CCC1. The van der Waals surface area contributed by atoms with Crippen molar-refractivity contribution >= 4 is 8.80 Å². The largest absolute Gasteiger partial charge is 0.504 e. The third-order valence-corrected chi connectivity index (χ3v) is 12.8. The Labute approximate surface area is 212 Å². The van der Waals surface area contributed by atoms with Gasteiger partial charge in [-0.3, -0.25) is 0 Å². The van der Waals surface area contributed by atoms with Gasteiger partial charge < -0.3 is 13.3 Å². The van der Waals surface area contributed by atoms with Gasteiger partial charge in [-0.2, -0.15) is 0 Å². The zero-order chi connectivity index (χ0) is 23.3. The van der Waals surface area contributed by atoms with Crippen molar-refractivity contribution in [2.45, 2.75) is 191 Å². The minimum Gasteiger partial charge on any atom is -0.370 e. The average molecular weight is 493 g/mol. The molecule has 0 spiro atoms. The summed E-state index contributed by atoms with van der Waals surface area (Å²) in [5.41, 5.74) is 0.544. The van der Waals surface area contributed by atoms with Crippen LogP contribution in [-0.2, 0) is 13.3 Å². The van der Waals surface area contributed by atoms with Gasteiger partial charge in [0.25, 0.3) is 0 Å². The van der Waals surface area contributed by atoms with Crippen molar-refractivity contribution in [2.75, 3.05) is 0 Å². The van der Waals surface area contributed by atoms with Crippen LogP contribution in [0.2, 0.25) is 5.54 Å². The van der Waals surface area contributed by atoms with Crippen LogP contribution in [0, 0.1) is 0 Å². The Morgan fingerprint density at radius 1 is 0.294 bits per heavy atom. The quantitative estimate of drug-likeness (QED) is 0.331. The lowest BCUT2D eigenvalue weighted by Crippen LogP contribution is -2.56. The first kappa shape index (κ1) is 27.1. The van der Waals surface area contributed by atoms with Gasteiger partial charge in [0.2, 0.25) is 0 Å². The molecule has 4 heteroatoms. The molecule has 4 aliphatic carbocycles. The minimum atomic E-state index is -2.77. The summed E-state index contributed by atoms with van der Waals surface area (Å²) in [6.07, 6.45) is 35.6. The molecule has 4 saturated carbocycles. The van der Waals surface area contributed by atoms with E-state index in [9.17, 15) is 0 Å². The van der Waals surface area contributed by atoms with E-state index in [4.69, 9.17) is 13.3 Å². The van der Waals surface area contributed by atoms with E-state index in [0.717, 1.165) is 0 Å². The van der Waals surface area contributed by atoms with Crippen molar-refractivity contribution in [2.24, 2.45) is 0 Å². The fraction of sp³-hybridized carbons (Fsp3) is 1.00. The molecule has 0 aromatic rings. The summed E-state index contributed by atoms with van der Waals surface area (Å²) in [4.78, 5) is 0. The number of hydrogen-bond donors (Lipinski definition) is 0. The Hall–Kier alpha value is 0.0969. The standard InChI is InChI=1S/C30H56O3Si/c1-4-11-19-27(20-12-5-1)31-34(30-25-17-10-18-26-30,32-28-21-13-6-2-7-14-22-28)33-29-23-15-8-3-9-16-24-29/h27-30H,1-26H2. The summed E-state index contributed by atoms with van der Waals surface area (Å²) in [7, 11) is -2.77. The van der Waals surface area contributed by atoms with Gasteiger partial charge in [-0.15, -0.1) is 0 Å². The Morgan fingerprint density at radius 3 is 0.853 bits per heavy atom. The van der Waals surface area contributed by atoms with Crippen molar-refractivity contribution in [1.82, 2.24) is 0 Å². The molecule has 198 valence electrons. The topological polar surface area (TPSA) is 27.7 Å². The molecule has 0 unspecified atom stereocenters. The van der Waals surface area contributed by atoms with E-state index in [-0.39, 0.29) is 0 Å². The molecule has 0 aromatic carbocycles. The fourth-order valence-electron chi connectivity index (χ4n) is 7.13. The van der Waals surface area contributed by atoms with E-state index < -0.39 is 8.80 Å². The summed E-state index contributed by atoms with van der Waals surface area (Å²) in [5, 5.41) is 0. The first-order valence-electron chi connectivity index (χ1n) is 15.9. The highest BCUT2D eigenvalue weighted by atomic mass is 28.4. The highest BCUT2D eigenvalue weighted by Gasteiger charge is 2.53. The Bertz CT molecular complexity index is 451. The van der Waals surface area contributed by atoms with Crippen molar-refractivity contribution in [3.05, 3.63) is 0 Å². The maximum Gasteiger partial charge on any atom is 0.504 e. The van der Waals surface area contributed by atoms with Crippen LogP contribution in [-0.4, -0.2) is 27.1 Å². The van der Waals surface area contributed by atoms with Crippen LogP contribution in [0.25, 0.3) is 0 Å². The molecule has 4 aliphatic rings. The van der Waals surface area contributed by atoms with Crippen molar-refractivity contribution in [3.63, 3.8) is 0 Å². The zero-order valence-corrected chi connectivity index (χ0v) is 23.4. The van der Waals surface area contributed by atoms with Gasteiger partial charge in [0.1, 0.15) is 0 Å². The third-order valence-electron chi connectivity index (χ3n) is 9.25. The van der Waals surface area contributed by atoms with Gasteiger partial charge in [0, 0.05) is 23.9 Å². The van der Waals surface area contributed by atoms with Gasteiger partial charge in [-0.05, 0) is 51.4 Å². The summed E-state index contributed by atoms with van der Waals surface area (Å²) < 4.78 is 22.2. The predicted molar refractivity (Wildman–Crippen MR) is 144 cm³/mol. The minimum absolute atomic E-state index is 0.371. The highest BCUT2D eigenvalue weighted by Crippen LogP contribution is 2.43. The molecule has 0 atom stereocenters. The molecule has 0 amide bonds. The van der Waals surface area contributed by atoms with Crippen LogP contribution in [0.1, 0.15) is 167 Å². The van der Waals surface area contributed by atoms with Crippen LogP contribution in [0.15, 0.2) is 0 Å². The van der Waals surface area contributed by atoms with Crippen LogP contribution in [0.5, 0.6) is 0 Å². The average Bonchev–Trinajstić information content (AvgIpc) is 2.79. The molecule has 3 nitrogen and oxygen atoms in total. The summed E-state index contributed by atoms with van der Waals surface area (Å²) >= 11 is 0. The van der Waals surface area contributed by atoms with E-state index in [2.05, 4.69) is 0 Å². The zero-order valence-electron chi connectivity index (χ0n) is 22.4. The molecule has 0 aromatic heterocycles. The molecule has 0 heterocycles. The molecular weight excluding hydrogens is 436 g/mol. The van der Waals surface area contributed by atoms with Crippen molar-refractivity contribution in [3.8, 4) is 0 Å². The summed E-state index contributed by atoms with van der Waals surface area (Å²) in [6.45, 7) is 0. The molecule has 0 bridgehead atoms.